The largest absolute Gasteiger partial charge is 0.309 e. The van der Waals surface area contributed by atoms with E-state index in [2.05, 4.69) is 191 Å². The van der Waals surface area contributed by atoms with E-state index in [9.17, 15) is 0 Å². The Hall–Kier alpha value is -6.68. The van der Waals surface area contributed by atoms with E-state index in [1.165, 1.54) is 108 Å². The fraction of sp³-hybridized carbons (Fsp3) is 0. The Morgan fingerprint density at radius 3 is 1.51 bits per heavy atom. The monoisotopic (exact) mass is 690 g/mol. The van der Waals surface area contributed by atoms with E-state index < -0.39 is 0 Å². The van der Waals surface area contributed by atoms with Crippen LogP contribution in [0.4, 0.5) is 0 Å². The van der Waals surface area contributed by atoms with Crippen LogP contribution in [0.3, 0.4) is 0 Å². The minimum absolute atomic E-state index is 1.17. The summed E-state index contributed by atoms with van der Waals surface area (Å²) >= 11 is 1.87. The molecule has 9 aromatic carbocycles. The lowest BCUT2D eigenvalue weighted by molar-refractivity contribution is 1.18. The van der Waals surface area contributed by atoms with E-state index in [4.69, 9.17) is 0 Å². The van der Waals surface area contributed by atoms with Gasteiger partial charge in [0.05, 0.1) is 22.1 Å². The molecule has 0 atom stereocenters. The summed E-state index contributed by atoms with van der Waals surface area (Å²) in [6.45, 7) is 0. The van der Waals surface area contributed by atoms with Crippen LogP contribution in [-0.2, 0) is 0 Å². The van der Waals surface area contributed by atoms with Gasteiger partial charge in [0, 0.05) is 53.1 Å². The summed E-state index contributed by atoms with van der Waals surface area (Å²) in [5.74, 6) is 0. The molecule has 3 heteroatoms. The van der Waals surface area contributed by atoms with Gasteiger partial charge in [0.25, 0.3) is 0 Å². The van der Waals surface area contributed by atoms with Gasteiger partial charge in [-0.1, -0.05) is 121 Å². The van der Waals surface area contributed by atoms with Crippen LogP contribution in [0.15, 0.2) is 182 Å². The summed E-state index contributed by atoms with van der Waals surface area (Å²) in [7, 11) is 0. The number of benzene rings is 9. The first kappa shape index (κ1) is 29.0. The standard InChI is InChI=1S/C50H30N2S/c1-3-11-33-27-37(21-17-31(33)9-1)51-43-15-7-5-14-41(43)49-44(51)25-26-45-50(49)42-24-20-35(36-19-23-40-39-13-6-8-16-47(39)53-48(40)30-36)29-46(42)52(45)38-22-18-32-10-2-4-12-34(32)28-38/h1-30H. The molecule has 12 aromatic rings. The second-order valence-corrected chi connectivity index (χ2v) is 15.2. The van der Waals surface area contributed by atoms with Crippen molar-refractivity contribution >= 4 is 96.7 Å². The molecule has 0 fully saturated rings. The number of aromatic nitrogens is 2. The molecule has 0 aliphatic heterocycles. The minimum Gasteiger partial charge on any atom is -0.309 e. The average molecular weight is 691 g/mol. The van der Waals surface area contributed by atoms with Gasteiger partial charge < -0.3 is 9.13 Å². The highest BCUT2D eigenvalue weighted by molar-refractivity contribution is 7.25. The van der Waals surface area contributed by atoms with Crippen molar-refractivity contribution in [2.75, 3.05) is 0 Å². The van der Waals surface area contributed by atoms with Crippen LogP contribution in [0.2, 0.25) is 0 Å². The van der Waals surface area contributed by atoms with Crippen LogP contribution in [-0.4, -0.2) is 9.13 Å². The smallest absolute Gasteiger partial charge is 0.0548 e. The van der Waals surface area contributed by atoms with Crippen molar-refractivity contribution in [2.24, 2.45) is 0 Å². The van der Waals surface area contributed by atoms with Crippen LogP contribution < -0.4 is 0 Å². The number of rotatable bonds is 3. The summed E-state index contributed by atoms with van der Waals surface area (Å²) in [5.41, 5.74) is 9.64. The molecule has 0 aliphatic rings. The number of para-hydroxylation sites is 1. The molecule has 3 aromatic heterocycles. The molecule has 0 bridgehead atoms. The van der Waals surface area contributed by atoms with Crippen LogP contribution in [0, 0.1) is 0 Å². The molecule has 0 unspecified atom stereocenters. The van der Waals surface area contributed by atoms with E-state index in [1.54, 1.807) is 0 Å². The first-order valence-corrected chi connectivity index (χ1v) is 19.0. The van der Waals surface area contributed by atoms with E-state index in [-0.39, 0.29) is 0 Å². The van der Waals surface area contributed by atoms with Gasteiger partial charge in [-0.05, 0) is 93.3 Å². The Morgan fingerprint density at radius 1 is 0.302 bits per heavy atom. The van der Waals surface area contributed by atoms with Crippen molar-refractivity contribution in [1.82, 2.24) is 9.13 Å². The molecule has 2 nitrogen and oxygen atoms in total. The topological polar surface area (TPSA) is 9.86 Å². The van der Waals surface area contributed by atoms with Crippen molar-refractivity contribution in [1.29, 1.82) is 0 Å². The Kier molecular flexibility index (Phi) is 5.96. The Morgan fingerprint density at radius 2 is 0.811 bits per heavy atom. The highest BCUT2D eigenvalue weighted by Gasteiger charge is 2.21. The summed E-state index contributed by atoms with van der Waals surface area (Å²) in [6.07, 6.45) is 0. The van der Waals surface area contributed by atoms with Crippen molar-refractivity contribution in [2.45, 2.75) is 0 Å². The fourth-order valence-electron chi connectivity index (χ4n) is 8.84. The van der Waals surface area contributed by atoms with Crippen LogP contribution >= 0.6 is 11.3 Å². The van der Waals surface area contributed by atoms with Gasteiger partial charge in [-0.25, -0.2) is 0 Å². The van der Waals surface area contributed by atoms with E-state index >= 15 is 0 Å². The first-order valence-electron chi connectivity index (χ1n) is 18.2. The summed E-state index contributed by atoms with van der Waals surface area (Å²) in [4.78, 5) is 0. The molecule has 53 heavy (non-hydrogen) atoms. The lowest BCUT2D eigenvalue weighted by Gasteiger charge is -2.11. The van der Waals surface area contributed by atoms with Crippen molar-refractivity contribution in [3.05, 3.63) is 182 Å². The minimum atomic E-state index is 1.17. The second kappa shape index (κ2) is 10.9. The molecule has 0 saturated heterocycles. The number of hydrogen-bond acceptors (Lipinski definition) is 1. The lowest BCUT2D eigenvalue weighted by atomic mass is 10.0. The van der Waals surface area contributed by atoms with Crippen molar-refractivity contribution < 1.29 is 0 Å². The number of hydrogen-bond donors (Lipinski definition) is 0. The van der Waals surface area contributed by atoms with Gasteiger partial charge >= 0.3 is 0 Å². The summed E-state index contributed by atoms with van der Waals surface area (Å²) in [6, 6.07) is 67.3. The Balaban J connectivity index is 1.17. The zero-order valence-corrected chi connectivity index (χ0v) is 29.4. The predicted molar refractivity (Wildman–Crippen MR) is 228 cm³/mol. The maximum atomic E-state index is 2.49. The zero-order valence-electron chi connectivity index (χ0n) is 28.6. The van der Waals surface area contributed by atoms with Crippen LogP contribution in [0.5, 0.6) is 0 Å². The second-order valence-electron chi connectivity index (χ2n) is 14.1. The number of fused-ring (bicyclic) bond motifs is 12. The Bertz CT molecular complexity index is 3470. The number of thiophene rings is 1. The molecule has 3 heterocycles. The molecule has 0 spiro atoms. The third kappa shape index (κ3) is 4.20. The normalized spacial score (nSPS) is 12.2. The molecule has 0 radical (unpaired) electrons. The quantitative estimate of drug-likeness (QED) is 0.175. The van der Waals surface area contributed by atoms with E-state index in [0.717, 1.165) is 0 Å². The van der Waals surface area contributed by atoms with Crippen LogP contribution in [0.1, 0.15) is 0 Å². The molecule has 0 aliphatic carbocycles. The lowest BCUT2D eigenvalue weighted by Crippen LogP contribution is -1.95. The van der Waals surface area contributed by atoms with E-state index in [0.29, 0.717) is 0 Å². The average Bonchev–Trinajstić information content (AvgIpc) is 3.87. The molecule has 0 N–H and O–H groups in total. The fourth-order valence-corrected chi connectivity index (χ4v) is 9.98. The first-order chi connectivity index (χ1) is 26.3. The van der Waals surface area contributed by atoms with Gasteiger partial charge in [0.15, 0.2) is 0 Å². The predicted octanol–water partition coefficient (Wildman–Crippen LogP) is 14.2. The molecule has 0 saturated carbocycles. The maximum absolute atomic E-state index is 2.49. The number of nitrogens with zero attached hydrogens (tertiary/aromatic N) is 2. The van der Waals surface area contributed by atoms with Gasteiger partial charge in [0.1, 0.15) is 0 Å². The SMILES string of the molecule is c1ccc2cc(-n3c4ccccc4c4c5c6ccc(-c7ccc8c(c7)sc7ccccc78)cc6n(-c6ccc7ccccc7c6)c5ccc43)ccc2c1. The molecule has 0 amide bonds. The van der Waals surface area contributed by atoms with E-state index in [1.807, 2.05) is 11.3 Å². The molecular formula is C50H30N2S. The van der Waals surface area contributed by atoms with Gasteiger partial charge in [-0.2, -0.15) is 0 Å². The highest BCUT2D eigenvalue weighted by atomic mass is 32.1. The molecule has 12 rings (SSSR count). The maximum Gasteiger partial charge on any atom is 0.0548 e. The van der Waals surface area contributed by atoms with Crippen LogP contribution in [0.25, 0.3) is 108 Å². The van der Waals surface area contributed by atoms with Crippen molar-refractivity contribution in [3.63, 3.8) is 0 Å². The highest BCUT2D eigenvalue weighted by Crippen LogP contribution is 2.44. The summed E-state index contributed by atoms with van der Waals surface area (Å²) in [5, 5.41) is 12.7. The van der Waals surface area contributed by atoms with Gasteiger partial charge in [0.2, 0.25) is 0 Å². The molecule has 246 valence electrons. The Labute approximate surface area is 309 Å². The third-order valence-electron chi connectivity index (χ3n) is 11.3. The van der Waals surface area contributed by atoms with Gasteiger partial charge in [-0.3, -0.25) is 0 Å². The van der Waals surface area contributed by atoms with Crippen molar-refractivity contribution in [3.8, 4) is 22.5 Å². The van der Waals surface area contributed by atoms with Gasteiger partial charge in [-0.15, -0.1) is 11.3 Å². The zero-order chi connectivity index (χ0) is 34.6. The third-order valence-corrected chi connectivity index (χ3v) is 12.4. The molecular weight excluding hydrogens is 661 g/mol. The summed E-state index contributed by atoms with van der Waals surface area (Å²) < 4.78 is 7.59.